The summed E-state index contributed by atoms with van der Waals surface area (Å²) in [5.74, 6) is -1.16. The Kier molecular flexibility index (Phi) is 7.48. The molecule has 8 heteroatoms. The zero-order chi connectivity index (χ0) is 23.4. The molecule has 33 heavy (non-hydrogen) atoms. The number of nitrogens with zero attached hydrogens (tertiary/aromatic N) is 2. The number of carbonyl (C=O) groups is 1. The molecule has 3 aromatic carbocycles. The molecule has 0 aliphatic carbocycles. The van der Waals surface area contributed by atoms with Crippen molar-refractivity contribution in [1.29, 1.82) is 0 Å². The first-order valence-electron chi connectivity index (χ1n) is 10.5. The molecule has 172 valence electrons. The molecule has 1 aliphatic rings. The summed E-state index contributed by atoms with van der Waals surface area (Å²) in [6, 6.07) is 16.5. The average Bonchev–Trinajstić information content (AvgIpc) is 2.82. The van der Waals surface area contributed by atoms with Crippen molar-refractivity contribution in [2.75, 3.05) is 26.2 Å². The molecule has 0 saturated carbocycles. The monoisotopic (exact) mass is 490 g/mol. The highest BCUT2D eigenvalue weighted by Gasteiger charge is 2.23. The number of carbonyl (C=O) groups excluding carboxylic acids is 1. The first-order chi connectivity index (χ1) is 15.9. The molecular formula is C25H22Cl2F2N2O2. The van der Waals surface area contributed by atoms with Gasteiger partial charge in [0.2, 0.25) is 0 Å². The van der Waals surface area contributed by atoms with E-state index in [4.69, 9.17) is 27.9 Å². The molecule has 0 radical (unpaired) electrons. The Morgan fingerprint density at radius 2 is 1.67 bits per heavy atom. The van der Waals surface area contributed by atoms with Crippen molar-refractivity contribution >= 4 is 29.1 Å². The van der Waals surface area contributed by atoms with E-state index in [2.05, 4.69) is 0 Å². The van der Waals surface area contributed by atoms with Crippen LogP contribution >= 0.6 is 23.2 Å². The van der Waals surface area contributed by atoms with Gasteiger partial charge in [-0.15, -0.1) is 0 Å². The number of halogens is 4. The van der Waals surface area contributed by atoms with Crippen LogP contribution in [0.25, 0.3) is 0 Å². The van der Waals surface area contributed by atoms with Crippen LogP contribution in [-0.2, 0) is 13.2 Å². The lowest BCUT2D eigenvalue weighted by atomic mass is 10.1. The maximum atomic E-state index is 13.9. The van der Waals surface area contributed by atoms with E-state index in [9.17, 15) is 13.6 Å². The largest absolute Gasteiger partial charge is 0.487 e. The number of rotatable bonds is 6. The van der Waals surface area contributed by atoms with Gasteiger partial charge in [-0.1, -0.05) is 47.5 Å². The minimum Gasteiger partial charge on any atom is -0.487 e. The molecule has 0 atom stereocenters. The Balaban J connectivity index is 1.29. The summed E-state index contributed by atoms with van der Waals surface area (Å²) in [6.07, 6.45) is 0. The van der Waals surface area contributed by atoms with Crippen LogP contribution in [-0.4, -0.2) is 41.9 Å². The molecule has 1 heterocycles. The van der Waals surface area contributed by atoms with E-state index in [0.29, 0.717) is 66.3 Å². The Hall–Kier alpha value is -2.67. The van der Waals surface area contributed by atoms with Crippen LogP contribution in [0.15, 0.2) is 60.7 Å². The lowest BCUT2D eigenvalue weighted by Gasteiger charge is -2.34. The number of amides is 1. The molecule has 1 fully saturated rings. The fraction of sp³-hybridized carbons (Fsp3) is 0.240. The molecule has 1 aliphatic heterocycles. The summed E-state index contributed by atoms with van der Waals surface area (Å²) in [5, 5.41) is 0.978. The molecule has 0 aromatic heterocycles. The fourth-order valence-electron chi connectivity index (χ4n) is 3.70. The maximum Gasteiger partial charge on any atom is 0.253 e. The number of piperazine rings is 1. The molecule has 3 aromatic rings. The topological polar surface area (TPSA) is 32.8 Å². The summed E-state index contributed by atoms with van der Waals surface area (Å²) in [6.45, 7) is 2.86. The molecule has 0 spiro atoms. The first-order valence-corrected chi connectivity index (χ1v) is 11.3. The van der Waals surface area contributed by atoms with Crippen molar-refractivity contribution < 1.29 is 18.3 Å². The summed E-state index contributed by atoms with van der Waals surface area (Å²) in [4.78, 5) is 16.7. The van der Waals surface area contributed by atoms with Crippen LogP contribution in [0.4, 0.5) is 8.78 Å². The van der Waals surface area contributed by atoms with Gasteiger partial charge in [0.05, 0.1) is 5.02 Å². The smallest absolute Gasteiger partial charge is 0.253 e. The highest BCUT2D eigenvalue weighted by atomic mass is 35.5. The predicted octanol–water partition coefficient (Wildman–Crippen LogP) is 5.81. The summed E-state index contributed by atoms with van der Waals surface area (Å²) in [5.41, 5.74) is 1.82. The van der Waals surface area contributed by atoms with Crippen LogP contribution < -0.4 is 4.74 Å². The molecule has 1 saturated heterocycles. The van der Waals surface area contributed by atoms with E-state index in [1.807, 2.05) is 17.0 Å². The number of hydrogen-bond donors (Lipinski definition) is 0. The third-order valence-corrected chi connectivity index (χ3v) is 6.10. The number of benzene rings is 3. The molecular weight excluding hydrogens is 469 g/mol. The zero-order valence-corrected chi connectivity index (χ0v) is 19.3. The molecule has 4 rings (SSSR count). The van der Waals surface area contributed by atoms with E-state index in [1.165, 1.54) is 6.07 Å². The van der Waals surface area contributed by atoms with Crippen molar-refractivity contribution in [1.82, 2.24) is 9.80 Å². The normalized spacial score (nSPS) is 14.4. The van der Waals surface area contributed by atoms with Crippen molar-refractivity contribution in [2.24, 2.45) is 0 Å². The Morgan fingerprint density at radius 1 is 0.939 bits per heavy atom. The average molecular weight is 491 g/mol. The summed E-state index contributed by atoms with van der Waals surface area (Å²) in [7, 11) is 0. The van der Waals surface area contributed by atoms with Gasteiger partial charge in [0.15, 0.2) is 11.6 Å². The van der Waals surface area contributed by atoms with Crippen molar-refractivity contribution in [3.63, 3.8) is 0 Å². The maximum absolute atomic E-state index is 13.9. The van der Waals surface area contributed by atoms with Crippen LogP contribution in [0.2, 0.25) is 10.0 Å². The highest BCUT2D eigenvalue weighted by Crippen LogP contribution is 2.28. The molecule has 0 bridgehead atoms. The Morgan fingerprint density at radius 3 is 2.36 bits per heavy atom. The second-order valence-electron chi connectivity index (χ2n) is 7.84. The summed E-state index contributed by atoms with van der Waals surface area (Å²) < 4.78 is 33.1. The van der Waals surface area contributed by atoms with Gasteiger partial charge in [0, 0.05) is 48.9 Å². The number of hydrogen-bond acceptors (Lipinski definition) is 3. The lowest BCUT2D eigenvalue weighted by Crippen LogP contribution is -2.48. The van der Waals surface area contributed by atoms with Crippen molar-refractivity contribution in [3.8, 4) is 5.75 Å². The van der Waals surface area contributed by atoms with Gasteiger partial charge in [-0.3, -0.25) is 9.69 Å². The molecule has 1 amide bonds. The SMILES string of the molecule is O=C(c1ccc(COc2ccc(Cl)cc2Cl)cc1)N1CCN(Cc2cccc(F)c2F)CC1. The van der Waals surface area contributed by atoms with Crippen LogP contribution in [0.3, 0.4) is 0 Å². The van der Waals surface area contributed by atoms with E-state index in [1.54, 1.807) is 41.3 Å². The quantitative estimate of drug-likeness (QED) is 0.437. The van der Waals surface area contributed by atoms with Crippen LogP contribution in [0.1, 0.15) is 21.5 Å². The van der Waals surface area contributed by atoms with Crippen molar-refractivity contribution in [2.45, 2.75) is 13.2 Å². The van der Waals surface area contributed by atoms with E-state index in [-0.39, 0.29) is 5.91 Å². The fourth-order valence-corrected chi connectivity index (χ4v) is 4.16. The van der Waals surface area contributed by atoms with Gasteiger partial charge in [0.1, 0.15) is 12.4 Å². The predicted molar refractivity (Wildman–Crippen MR) is 125 cm³/mol. The third kappa shape index (κ3) is 5.82. The van der Waals surface area contributed by atoms with E-state index >= 15 is 0 Å². The Bertz CT molecular complexity index is 1130. The third-order valence-electron chi connectivity index (χ3n) is 5.57. The minimum atomic E-state index is -0.841. The second kappa shape index (κ2) is 10.5. The molecule has 4 nitrogen and oxygen atoms in total. The van der Waals surface area contributed by atoms with Gasteiger partial charge >= 0.3 is 0 Å². The molecule has 0 N–H and O–H groups in total. The van der Waals surface area contributed by atoms with Gasteiger partial charge in [-0.05, 0) is 42.0 Å². The van der Waals surface area contributed by atoms with Crippen LogP contribution in [0.5, 0.6) is 5.75 Å². The highest BCUT2D eigenvalue weighted by molar-refractivity contribution is 6.35. The molecule has 0 unspecified atom stereocenters. The summed E-state index contributed by atoms with van der Waals surface area (Å²) >= 11 is 12.0. The zero-order valence-electron chi connectivity index (χ0n) is 17.7. The van der Waals surface area contributed by atoms with Gasteiger partial charge in [0.25, 0.3) is 5.91 Å². The standard InChI is InChI=1S/C25H22Cl2F2N2O2/c26-20-8-9-23(21(27)14-20)33-16-17-4-6-18(7-5-17)25(32)31-12-10-30(11-13-31)15-19-2-1-3-22(28)24(19)29/h1-9,14H,10-13,15-16H2. The Labute approximate surface area is 201 Å². The second-order valence-corrected chi connectivity index (χ2v) is 8.69. The van der Waals surface area contributed by atoms with E-state index < -0.39 is 11.6 Å². The lowest BCUT2D eigenvalue weighted by molar-refractivity contribution is 0.0627. The van der Waals surface area contributed by atoms with Crippen molar-refractivity contribution in [3.05, 3.63) is 99.0 Å². The van der Waals surface area contributed by atoms with Crippen LogP contribution in [0, 0.1) is 11.6 Å². The van der Waals surface area contributed by atoms with Gasteiger partial charge in [-0.2, -0.15) is 0 Å². The number of ether oxygens (including phenoxy) is 1. The van der Waals surface area contributed by atoms with Gasteiger partial charge in [-0.25, -0.2) is 8.78 Å². The minimum absolute atomic E-state index is 0.0557. The first kappa shape index (κ1) is 23.5. The van der Waals surface area contributed by atoms with E-state index in [0.717, 1.165) is 11.6 Å². The van der Waals surface area contributed by atoms with Gasteiger partial charge < -0.3 is 9.64 Å².